The SMILES string of the molecule is Cc1cc(C)cc(C[n+]2cn(Cc3c(C)c(C)c(C)c(C)c3C)c3cc(C)c(C)cc32)c1. The van der Waals surface area contributed by atoms with Crippen molar-refractivity contribution >= 4 is 11.0 Å². The number of hydrogen-bond donors (Lipinski definition) is 0. The molecule has 4 aromatic rings. The monoisotopic (exact) mass is 425 g/mol. The highest BCUT2D eigenvalue weighted by molar-refractivity contribution is 5.74. The van der Waals surface area contributed by atoms with Crippen molar-refractivity contribution in [3.63, 3.8) is 0 Å². The van der Waals surface area contributed by atoms with E-state index >= 15 is 0 Å². The van der Waals surface area contributed by atoms with E-state index in [2.05, 4.69) is 108 Å². The molecule has 0 radical (unpaired) electrons. The maximum absolute atomic E-state index is 2.45. The van der Waals surface area contributed by atoms with Crippen molar-refractivity contribution in [2.24, 2.45) is 0 Å². The third-order valence-electron chi connectivity index (χ3n) is 7.61. The van der Waals surface area contributed by atoms with Crippen LogP contribution in [0.3, 0.4) is 0 Å². The lowest BCUT2D eigenvalue weighted by Crippen LogP contribution is -2.33. The number of rotatable bonds is 4. The summed E-state index contributed by atoms with van der Waals surface area (Å²) in [6.07, 6.45) is 2.32. The number of aryl methyl sites for hydroxylation is 4. The molecule has 32 heavy (non-hydrogen) atoms. The molecule has 0 aliphatic heterocycles. The molecule has 0 saturated carbocycles. The molecule has 0 unspecified atom stereocenters. The van der Waals surface area contributed by atoms with Gasteiger partial charge in [0.25, 0.3) is 0 Å². The predicted molar refractivity (Wildman–Crippen MR) is 136 cm³/mol. The first-order chi connectivity index (χ1) is 15.1. The number of hydrogen-bond acceptors (Lipinski definition) is 0. The summed E-state index contributed by atoms with van der Waals surface area (Å²) in [5.41, 5.74) is 17.9. The van der Waals surface area contributed by atoms with Crippen molar-refractivity contribution in [1.29, 1.82) is 0 Å². The molecule has 0 amide bonds. The molecule has 3 aromatic carbocycles. The molecule has 0 aliphatic carbocycles. The van der Waals surface area contributed by atoms with E-state index in [1.165, 1.54) is 72.2 Å². The van der Waals surface area contributed by atoms with Gasteiger partial charge in [-0.3, -0.25) is 0 Å². The highest BCUT2D eigenvalue weighted by Gasteiger charge is 2.21. The van der Waals surface area contributed by atoms with E-state index in [9.17, 15) is 0 Å². The van der Waals surface area contributed by atoms with Gasteiger partial charge in [-0.25, -0.2) is 9.13 Å². The van der Waals surface area contributed by atoms with E-state index in [0.29, 0.717) is 0 Å². The second-order valence-corrected chi connectivity index (χ2v) is 9.90. The molecule has 0 bridgehead atoms. The van der Waals surface area contributed by atoms with Gasteiger partial charge >= 0.3 is 0 Å². The Balaban J connectivity index is 1.87. The van der Waals surface area contributed by atoms with Gasteiger partial charge < -0.3 is 0 Å². The number of benzene rings is 3. The maximum Gasteiger partial charge on any atom is 0.245 e. The molecule has 0 spiro atoms. The van der Waals surface area contributed by atoms with Gasteiger partial charge in [0.2, 0.25) is 6.33 Å². The van der Waals surface area contributed by atoms with Crippen molar-refractivity contribution in [3.05, 3.63) is 97.9 Å². The van der Waals surface area contributed by atoms with Gasteiger partial charge in [0.15, 0.2) is 11.0 Å². The van der Waals surface area contributed by atoms with Crippen LogP contribution in [0.1, 0.15) is 61.2 Å². The van der Waals surface area contributed by atoms with Gasteiger partial charge in [0.1, 0.15) is 13.1 Å². The van der Waals surface area contributed by atoms with E-state index in [0.717, 1.165) is 13.1 Å². The van der Waals surface area contributed by atoms with Crippen LogP contribution in [-0.4, -0.2) is 4.57 Å². The Morgan fingerprint density at radius 2 is 1.16 bits per heavy atom. The van der Waals surface area contributed by atoms with Gasteiger partial charge in [-0.05, 0) is 125 Å². The molecule has 1 heterocycles. The molecule has 0 atom stereocenters. The van der Waals surface area contributed by atoms with E-state index in [4.69, 9.17) is 0 Å². The summed E-state index contributed by atoms with van der Waals surface area (Å²) in [4.78, 5) is 0. The van der Waals surface area contributed by atoms with Crippen LogP contribution in [0.2, 0.25) is 0 Å². The lowest BCUT2D eigenvalue weighted by molar-refractivity contribution is -0.663. The minimum absolute atomic E-state index is 0.887. The van der Waals surface area contributed by atoms with Gasteiger partial charge in [-0.1, -0.05) is 29.3 Å². The highest BCUT2D eigenvalue weighted by Crippen LogP contribution is 2.28. The molecule has 2 heteroatoms. The number of fused-ring (bicyclic) bond motifs is 1. The normalized spacial score (nSPS) is 11.5. The van der Waals surface area contributed by atoms with E-state index in [1.54, 1.807) is 0 Å². The summed E-state index contributed by atoms with van der Waals surface area (Å²) in [5, 5.41) is 0. The van der Waals surface area contributed by atoms with E-state index in [1.807, 2.05) is 0 Å². The zero-order valence-electron chi connectivity index (χ0n) is 21.3. The van der Waals surface area contributed by atoms with Crippen LogP contribution in [0.25, 0.3) is 11.0 Å². The van der Waals surface area contributed by atoms with Crippen molar-refractivity contribution in [1.82, 2.24) is 4.57 Å². The molecule has 2 nitrogen and oxygen atoms in total. The summed E-state index contributed by atoms with van der Waals surface area (Å²) < 4.78 is 4.88. The average molecular weight is 426 g/mol. The summed E-state index contributed by atoms with van der Waals surface area (Å²) in [6, 6.07) is 11.6. The molecule has 0 fully saturated rings. The fraction of sp³-hybridized carbons (Fsp3) is 0.367. The standard InChI is InChI=1S/C30H37N2/c1-18-10-19(2)12-27(11-18)15-31-17-32(30-14-21(4)20(3)13-29(30)31)16-28-25(8)23(6)22(5)24(7)26(28)9/h10-14,17H,15-16H2,1-9H3/q+1. The first-order valence-corrected chi connectivity index (χ1v) is 11.7. The van der Waals surface area contributed by atoms with Crippen LogP contribution in [0, 0.1) is 62.3 Å². The van der Waals surface area contributed by atoms with Gasteiger partial charge in [-0.15, -0.1) is 0 Å². The van der Waals surface area contributed by atoms with Gasteiger partial charge in [0, 0.05) is 0 Å². The van der Waals surface area contributed by atoms with Crippen LogP contribution in [-0.2, 0) is 13.1 Å². The Morgan fingerprint density at radius 1 is 0.625 bits per heavy atom. The topological polar surface area (TPSA) is 8.81 Å². The fourth-order valence-corrected chi connectivity index (χ4v) is 5.13. The van der Waals surface area contributed by atoms with Crippen molar-refractivity contribution in [2.75, 3.05) is 0 Å². The Labute approximate surface area is 193 Å². The average Bonchev–Trinajstić information content (AvgIpc) is 3.04. The molecule has 1 aromatic heterocycles. The van der Waals surface area contributed by atoms with Crippen LogP contribution in [0.5, 0.6) is 0 Å². The Kier molecular flexibility index (Phi) is 5.75. The number of nitrogens with zero attached hydrogens (tertiary/aromatic N) is 2. The molecule has 0 N–H and O–H groups in total. The molecular weight excluding hydrogens is 388 g/mol. The zero-order chi connectivity index (χ0) is 23.3. The molecule has 166 valence electrons. The second kappa shape index (κ2) is 8.24. The van der Waals surface area contributed by atoms with Crippen molar-refractivity contribution in [2.45, 2.75) is 75.4 Å². The minimum Gasteiger partial charge on any atom is -0.226 e. The van der Waals surface area contributed by atoms with Crippen molar-refractivity contribution in [3.8, 4) is 0 Å². The fourth-order valence-electron chi connectivity index (χ4n) is 5.13. The third-order valence-corrected chi connectivity index (χ3v) is 7.61. The van der Waals surface area contributed by atoms with E-state index < -0.39 is 0 Å². The summed E-state index contributed by atoms with van der Waals surface area (Å²) in [5.74, 6) is 0. The minimum atomic E-state index is 0.887. The van der Waals surface area contributed by atoms with Gasteiger partial charge in [-0.2, -0.15) is 0 Å². The highest BCUT2D eigenvalue weighted by atomic mass is 15.1. The van der Waals surface area contributed by atoms with Crippen LogP contribution >= 0.6 is 0 Å². The zero-order valence-corrected chi connectivity index (χ0v) is 21.3. The summed E-state index contributed by atoms with van der Waals surface area (Å²) >= 11 is 0. The largest absolute Gasteiger partial charge is 0.245 e. The lowest BCUT2D eigenvalue weighted by atomic mass is 9.89. The van der Waals surface area contributed by atoms with Crippen LogP contribution in [0.15, 0.2) is 36.7 Å². The Hall–Kier alpha value is -2.87. The third kappa shape index (κ3) is 3.88. The molecule has 0 aliphatic rings. The summed E-state index contributed by atoms with van der Waals surface area (Å²) in [7, 11) is 0. The van der Waals surface area contributed by atoms with Crippen molar-refractivity contribution < 1.29 is 4.57 Å². The maximum atomic E-state index is 2.45. The molecular formula is C30H37N2+. The smallest absolute Gasteiger partial charge is 0.226 e. The van der Waals surface area contributed by atoms with Gasteiger partial charge in [0.05, 0.1) is 0 Å². The van der Waals surface area contributed by atoms with Crippen LogP contribution < -0.4 is 4.57 Å². The lowest BCUT2D eigenvalue weighted by Gasteiger charge is -2.17. The summed E-state index contributed by atoms with van der Waals surface area (Å²) in [6.45, 7) is 22.0. The van der Waals surface area contributed by atoms with E-state index in [-0.39, 0.29) is 0 Å². The quantitative estimate of drug-likeness (QED) is 0.318. The van der Waals surface area contributed by atoms with Crippen LogP contribution in [0.4, 0.5) is 0 Å². The molecule has 4 rings (SSSR count). The first kappa shape index (κ1) is 22.3. The first-order valence-electron chi connectivity index (χ1n) is 11.7. The number of imidazole rings is 1. The second-order valence-electron chi connectivity index (χ2n) is 9.90. The Morgan fingerprint density at radius 3 is 1.75 bits per heavy atom. The number of aromatic nitrogens is 2. The predicted octanol–water partition coefficient (Wildman–Crippen LogP) is 6.80. The Bertz CT molecular complexity index is 1300. The molecule has 0 saturated heterocycles.